The molecule has 0 saturated carbocycles. The highest BCUT2D eigenvalue weighted by molar-refractivity contribution is 5.85. The van der Waals surface area contributed by atoms with Crippen LogP contribution >= 0.6 is 12.4 Å². The van der Waals surface area contributed by atoms with Crippen LogP contribution in [0.1, 0.15) is 59.3 Å². The van der Waals surface area contributed by atoms with E-state index in [0.29, 0.717) is 19.4 Å². The van der Waals surface area contributed by atoms with E-state index in [9.17, 15) is 14.7 Å². The molecule has 2 unspecified atom stereocenters. The fraction of sp³-hybridized carbons (Fsp3) is 0.867. The second-order valence-electron chi connectivity index (χ2n) is 5.41. The van der Waals surface area contributed by atoms with Crippen LogP contribution in [0.5, 0.6) is 0 Å². The molecule has 0 saturated heterocycles. The number of primary amides is 1. The molecule has 0 spiro atoms. The number of halogens is 1. The standard InChI is InChI=1S/C15H30N2O3.ClH/c1-4-7-9-12(15(19)20)11(8-5-2)10-17-13(6-3)14(16)18;/h11-13,17H,4-10H2,1-3H3,(H2,16,18)(H,19,20);1H/t11?,12?,13-;/m0./s1. The van der Waals surface area contributed by atoms with Crippen LogP contribution in [0, 0.1) is 11.8 Å². The minimum atomic E-state index is -0.731. The summed E-state index contributed by atoms with van der Waals surface area (Å²) in [5, 5.41) is 12.5. The first-order valence-electron chi connectivity index (χ1n) is 7.73. The molecule has 3 atom stereocenters. The number of nitrogens with one attached hydrogen (secondary N) is 1. The van der Waals surface area contributed by atoms with Crippen molar-refractivity contribution in [1.82, 2.24) is 5.32 Å². The molecule has 0 aliphatic rings. The van der Waals surface area contributed by atoms with Crippen molar-refractivity contribution < 1.29 is 14.7 Å². The lowest BCUT2D eigenvalue weighted by molar-refractivity contribution is -0.144. The summed E-state index contributed by atoms with van der Waals surface area (Å²) < 4.78 is 0. The lowest BCUT2D eigenvalue weighted by atomic mass is 9.84. The highest BCUT2D eigenvalue weighted by Crippen LogP contribution is 2.23. The van der Waals surface area contributed by atoms with Crippen LogP contribution in [0.4, 0.5) is 0 Å². The van der Waals surface area contributed by atoms with Crippen LogP contribution in [-0.4, -0.2) is 29.6 Å². The Labute approximate surface area is 134 Å². The maximum absolute atomic E-state index is 11.5. The molecule has 0 aliphatic carbocycles. The Morgan fingerprint density at radius 2 is 1.76 bits per heavy atom. The van der Waals surface area contributed by atoms with Gasteiger partial charge < -0.3 is 16.2 Å². The minimum absolute atomic E-state index is 0. The summed E-state index contributed by atoms with van der Waals surface area (Å²) in [6, 6.07) is -0.366. The number of amides is 1. The van der Waals surface area contributed by atoms with Gasteiger partial charge in [-0.15, -0.1) is 12.4 Å². The van der Waals surface area contributed by atoms with Crippen molar-refractivity contribution in [1.29, 1.82) is 0 Å². The highest BCUT2D eigenvalue weighted by atomic mass is 35.5. The van der Waals surface area contributed by atoms with Gasteiger partial charge >= 0.3 is 5.97 Å². The van der Waals surface area contributed by atoms with Gasteiger partial charge in [0.05, 0.1) is 12.0 Å². The normalized spacial score (nSPS) is 14.8. The second kappa shape index (κ2) is 12.9. The van der Waals surface area contributed by atoms with Crippen molar-refractivity contribution in [3.05, 3.63) is 0 Å². The van der Waals surface area contributed by atoms with Gasteiger partial charge in [0.25, 0.3) is 0 Å². The molecule has 0 rings (SSSR count). The molecular weight excluding hydrogens is 292 g/mol. The van der Waals surface area contributed by atoms with E-state index < -0.39 is 5.97 Å². The molecule has 4 N–H and O–H groups in total. The quantitative estimate of drug-likeness (QED) is 0.515. The van der Waals surface area contributed by atoms with E-state index in [4.69, 9.17) is 5.73 Å². The first-order chi connectivity index (χ1) is 9.47. The van der Waals surface area contributed by atoms with E-state index in [1.165, 1.54) is 0 Å². The number of rotatable bonds is 12. The number of unbranched alkanes of at least 4 members (excludes halogenated alkanes) is 1. The Balaban J connectivity index is 0. The Bertz CT molecular complexity index is 301. The zero-order valence-electron chi connectivity index (χ0n) is 13.4. The highest BCUT2D eigenvalue weighted by Gasteiger charge is 2.27. The summed E-state index contributed by atoms with van der Waals surface area (Å²) in [6.45, 7) is 6.54. The van der Waals surface area contributed by atoms with Crippen LogP contribution in [0.3, 0.4) is 0 Å². The molecular formula is C15H31ClN2O3. The molecule has 0 fully saturated rings. The lowest BCUT2D eigenvalue weighted by Crippen LogP contribution is -2.44. The number of carboxylic acid groups (broad SMARTS) is 1. The van der Waals surface area contributed by atoms with E-state index in [2.05, 4.69) is 19.2 Å². The predicted molar refractivity (Wildman–Crippen MR) is 87.6 cm³/mol. The number of carboxylic acids is 1. The van der Waals surface area contributed by atoms with Gasteiger partial charge in [0, 0.05) is 0 Å². The zero-order valence-corrected chi connectivity index (χ0v) is 14.2. The van der Waals surface area contributed by atoms with Gasteiger partial charge in [0.15, 0.2) is 0 Å². The fourth-order valence-electron chi connectivity index (χ4n) is 2.54. The Morgan fingerprint density at radius 1 is 1.14 bits per heavy atom. The van der Waals surface area contributed by atoms with Crippen molar-refractivity contribution >= 4 is 24.3 Å². The minimum Gasteiger partial charge on any atom is -0.481 e. The van der Waals surface area contributed by atoms with E-state index in [0.717, 1.165) is 25.7 Å². The predicted octanol–water partition coefficient (Wildman–Crippen LogP) is 2.57. The number of nitrogens with two attached hydrogens (primary N) is 1. The first-order valence-corrected chi connectivity index (χ1v) is 7.73. The zero-order chi connectivity index (χ0) is 15.5. The largest absolute Gasteiger partial charge is 0.481 e. The number of carbonyl (C=O) groups is 2. The molecule has 1 amide bonds. The molecule has 0 bridgehead atoms. The van der Waals surface area contributed by atoms with Crippen molar-refractivity contribution in [2.45, 2.75) is 65.3 Å². The topological polar surface area (TPSA) is 92.4 Å². The summed E-state index contributed by atoms with van der Waals surface area (Å²) >= 11 is 0. The molecule has 21 heavy (non-hydrogen) atoms. The monoisotopic (exact) mass is 322 g/mol. The van der Waals surface area contributed by atoms with Crippen molar-refractivity contribution in [3.63, 3.8) is 0 Å². The summed E-state index contributed by atoms with van der Waals surface area (Å²) in [6.07, 6.45) is 5.03. The van der Waals surface area contributed by atoms with Gasteiger partial charge in [0.2, 0.25) is 5.91 Å². The SMILES string of the molecule is CCCCC(C(=O)O)C(CCC)CN[C@@H](CC)C(N)=O.Cl. The van der Waals surface area contributed by atoms with E-state index in [1.54, 1.807) is 0 Å². The molecule has 5 nitrogen and oxygen atoms in total. The van der Waals surface area contributed by atoms with Gasteiger partial charge in [0.1, 0.15) is 0 Å². The fourth-order valence-corrected chi connectivity index (χ4v) is 2.54. The lowest BCUT2D eigenvalue weighted by Gasteiger charge is -2.25. The van der Waals surface area contributed by atoms with Gasteiger partial charge in [-0.3, -0.25) is 9.59 Å². The van der Waals surface area contributed by atoms with Crippen LogP contribution in [0.25, 0.3) is 0 Å². The van der Waals surface area contributed by atoms with E-state index in [-0.39, 0.29) is 36.2 Å². The smallest absolute Gasteiger partial charge is 0.306 e. The summed E-state index contributed by atoms with van der Waals surface area (Å²) in [7, 11) is 0. The average Bonchev–Trinajstić information content (AvgIpc) is 2.38. The van der Waals surface area contributed by atoms with E-state index >= 15 is 0 Å². The third-order valence-electron chi connectivity index (χ3n) is 3.79. The maximum atomic E-state index is 11.5. The Morgan fingerprint density at radius 3 is 2.14 bits per heavy atom. The number of hydrogen-bond donors (Lipinski definition) is 3. The van der Waals surface area contributed by atoms with E-state index in [1.807, 2.05) is 6.92 Å². The molecule has 126 valence electrons. The molecule has 6 heteroatoms. The third-order valence-corrected chi connectivity index (χ3v) is 3.79. The van der Waals surface area contributed by atoms with Crippen molar-refractivity contribution in [2.75, 3.05) is 6.54 Å². The van der Waals surface area contributed by atoms with Crippen LogP contribution in [-0.2, 0) is 9.59 Å². The van der Waals surface area contributed by atoms with Crippen LogP contribution in [0.2, 0.25) is 0 Å². The molecule has 0 heterocycles. The Kier molecular flexibility index (Phi) is 13.8. The van der Waals surface area contributed by atoms with Gasteiger partial charge in [-0.1, -0.05) is 40.0 Å². The molecule has 0 aromatic rings. The summed E-state index contributed by atoms with van der Waals surface area (Å²) in [4.78, 5) is 22.7. The number of hydrogen-bond acceptors (Lipinski definition) is 3. The van der Waals surface area contributed by atoms with Gasteiger partial charge in [-0.25, -0.2) is 0 Å². The first kappa shape index (κ1) is 22.5. The maximum Gasteiger partial charge on any atom is 0.306 e. The number of aliphatic carboxylic acids is 1. The van der Waals surface area contributed by atoms with Crippen LogP contribution < -0.4 is 11.1 Å². The van der Waals surface area contributed by atoms with Crippen molar-refractivity contribution in [2.24, 2.45) is 17.6 Å². The number of carbonyl (C=O) groups excluding carboxylic acids is 1. The molecule has 0 aromatic carbocycles. The van der Waals surface area contributed by atoms with Gasteiger partial charge in [-0.2, -0.15) is 0 Å². The third kappa shape index (κ3) is 8.94. The summed E-state index contributed by atoms with van der Waals surface area (Å²) in [5.74, 6) is -1.39. The molecule has 0 aromatic heterocycles. The molecule has 0 radical (unpaired) electrons. The van der Waals surface area contributed by atoms with Crippen molar-refractivity contribution in [3.8, 4) is 0 Å². The summed E-state index contributed by atoms with van der Waals surface area (Å²) in [5.41, 5.74) is 5.31. The van der Waals surface area contributed by atoms with Gasteiger partial charge in [-0.05, 0) is 31.7 Å². The molecule has 0 aliphatic heterocycles. The Hall–Kier alpha value is -0.810. The van der Waals surface area contributed by atoms with Crippen LogP contribution in [0.15, 0.2) is 0 Å². The average molecular weight is 323 g/mol. The second-order valence-corrected chi connectivity index (χ2v) is 5.41.